The Morgan fingerprint density at radius 2 is 1.90 bits per heavy atom. The Labute approximate surface area is 125 Å². The molecule has 21 heavy (non-hydrogen) atoms. The molecule has 0 saturated heterocycles. The molecule has 4 nitrogen and oxygen atoms in total. The van der Waals surface area contributed by atoms with E-state index in [-0.39, 0.29) is 0 Å². The van der Waals surface area contributed by atoms with E-state index in [1.54, 1.807) is 0 Å². The molecular weight excluding hydrogens is 260 g/mol. The van der Waals surface area contributed by atoms with Crippen LogP contribution in [0, 0.1) is 0 Å². The van der Waals surface area contributed by atoms with Crippen LogP contribution in [0.4, 0.5) is 0 Å². The van der Waals surface area contributed by atoms with E-state index in [1.807, 2.05) is 31.0 Å². The smallest absolute Gasteiger partial charge is 0.115 e. The van der Waals surface area contributed by atoms with Crippen molar-refractivity contribution in [1.29, 1.82) is 0 Å². The summed E-state index contributed by atoms with van der Waals surface area (Å²) < 4.78 is 4.37. The molecule has 1 atom stereocenters. The summed E-state index contributed by atoms with van der Waals surface area (Å²) in [6.07, 6.45) is 10.7. The molecule has 0 saturated carbocycles. The third-order valence-electron chi connectivity index (χ3n) is 3.81. The van der Waals surface area contributed by atoms with Gasteiger partial charge in [0.05, 0.1) is 6.33 Å². The summed E-state index contributed by atoms with van der Waals surface area (Å²) in [5.74, 6) is 1.45. The van der Waals surface area contributed by atoms with Gasteiger partial charge in [0, 0.05) is 43.8 Å². The summed E-state index contributed by atoms with van der Waals surface area (Å²) in [4.78, 5) is 8.62. The van der Waals surface area contributed by atoms with Gasteiger partial charge in [-0.2, -0.15) is 0 Å². The second kappa shape index (κ2) is 6.39. The molecule has 0 aliphatic carbocycles. The summed E-state index contributed by atoms with van der Waals surface area (Å²) in [5.41, 5.74) is 1.31. The van der Waals surface area contributed by atoms with Crippen molar-refractivity contribution < 1.29 is 0 Å². The lowest BCUT2D eigenvalue weighted by atomic mass is 10.0. The Hall–Kier alpha value is -2.36. The first-order valence-electron chi connectivity index (χ1n) is 7.36. The third kappa shape index (κ3) is 3.21. The van der Waals surface area contributed by atoms with Crippen molar-refractivity contribution in [2.75, 3.05) is 0 Å². The number of aromatic nitrogens is 4. The summed E-state index contributed by atoms with van der Waals surface area (Å²) in [5, 5.41) is 0. The summed E-state index contributed by atoms with van der Waals surface area (Å²) in [6, 6.07) is 10.5. The number of aryl methyl sites for hydroxylation is 2. The fourth-order valence-corrected chi connectivity index (χ4v) is 2.62. The number of imidazole rings is 2. The zero-order valence-corrected chi connectivity index (χ0v) is 12.3. The maximum atomic E-state index is 4.55. The first-order valence-corrected chi connectivity index (χ1v) is 7.36. The van der Waals surface area contributed by atoms with Gasteiger partial charge in [-0.3, -0.25) is 0 Å². The van der Waals surface area contributed by atoms with Crippen LogP contribution in [-0.4, -0.2) is 19.1 Å². The normalized spacial score (nSPS) is 12.4. The lowest BCUT2D eigenvalue weighted by Crippen LogP contribution is -2.09. The quantitative estimate of drug-likeness (QED) is 0.694. The minimum Gasteiger partial charge on any atom is -0.337 e. The topological polar surface area (TPSA) is 35.6 Å². The average Bonchev–Trinajstić information content (AvgIpc) is 3.19. The Bertz CT molecular complexity index is 655. The molecule has 0 radical (unpaired) electrons. The predicted octanol–water partition coefficient (Wildman–Crippen LogP) is 3.32. The van der Waals surface area contributed by atoms with Gasteiger partial charge in [-0.05, 0) is 12.0 Å². The zero-order chi connectivity index (χ0) is 14.5. The van der Waals surface area contributed by atoms with Gasteiger partial charge in [-0.25, -0.2) is 9.97 Å². The maximum Gasteiger partial charge on any atom is 0.115 e. The number of nitrogens with zero attached hydrogens (tertiary/aromatic N) is 4. The van der Waals surface area contributed by atoms with Crippen LogP contribution in [-0.2, 0) is 13.1 Å². The standard InChI is InChI=1S/C17H20N4/c1-15(16-6-3-2-4-7-16)17-19-9-13-21(17)11-5-10-20-12-8-18-14-20/h2-4,6-9,12-15H,5,10-11H2,1H3. The Kier molecular flexibility index (Phi) is 4.15. The number of rotatable bonds is 6. The van der Waals surface area contributed by atoms with Crippen molar-refractivity contribution in [3.05, 3.63) is 72.8 Å². The van der Waals surface area contributed by atoms with Crippen molar-refractivity contribution >= 4 is 0 Å². The van der Waals surface area contributed by atoms with E-state index >= 15 is 0 Å². The summed E-state index contributed by atoms with van der Waals surface area (Å²) in [7, 11) is 0. The van der Waals surface area contributed by atoms with E-state index in [1.165, 1.54) is 5.56 Å². The zero-order valence-electron chi connectivity index (χ0n) is 12.3. The summed E-state index contributed by atoms with van der Waals surface area (Å²) >= 11 is 0. The molecule has 1 unspecified atom stereocenters. The van der Waals surface area contributed by atoms with Gasteiger partial charge in [0.2, 0.25) is 0 Å². The lowest BCUT2D eigenvalue weighted by Gasteiger charge is -2.14. The predicted molar refractivity (Wildman–Crippen MR) is 83.0 cm³/mol. The highest BCUT2D eigenvalue weighted by atomic mass is 15.1. The second-order valence-electron chi connectivity index (χ2n) is 5.27. The molecule has 0 N–H and O–H groups in total. The molecule has 1 aromatic carbocycles. The minimum atomic E-state index is 0.314. The molecule has 0 spiro atoms. The van der Waals surface area contributed by atoms with Crippen LogP contribution in [0.3, 0.4) is 0 Å². The van der Waals surface area contributed by atoms with Crippen LogP contribution >= 0.6 is 0 Å². The van der Waals surface area contributed by atoms with Crippen LogP contribution in [0.2, 0.25) is 0 Å². The van der Waals surface area contributed by atoms with E-state index in [0.29, 0.717) is 5.92 Å². The SMILES string of the molecule is CC(c1ccccc1)c1nccn1CCCn1ccnc1. The summed E-state index contributed by atoms with van der Waals surface area (Å²) in [6.45, 7) is 4.17. The van der Waals surface area contributed by atoms with Gasteiger partial charge in [-0.15, -0.1) is 0 Å². The largest absolute Gasteiger partial charge is 0.337 e. The van der Waals surface area contributed by atoms with E-state index in [0.717, 1.165) is 25.3 Å². The van der Waals surface area contributed by atoms with Crippen molar-refractivity contribution in [2.45, 2.75) is 32.4 Å². The minimum absolute atomic E-state index is 0.314. The Morgan fingerprint density at radius 3 is 2.67 bits per heavy atom. The van der Waals surface area contributed by atoms with Crippen LogP contribution in [0.1, 0.15) is 30.7 Å². The third-order valence-corrected chi connectivity index (χ3v) is 3.81. The van der Waals surface area contributed by atoms with Crippen LogP contribution in [0.15, 0.2) is 61.4 Å². The second-order valence-corrected chi connectivity index (χ2v) is 5.27. The lowest BCUT2D eigenvalue weighted by molar-refractivity contribution is 0.542. The van der Waals surface area contributed by atoms with E-state index in [4.69, 9.17) is 0 Å². The molecule has 108 valence electrons. The van der Waals surface area contributed by atoms with Crippen molar-refractivity contribution in [2.24, 2.45) is 0 Å². The Balaban J connectivity index is 1.66. The van der Waals surface area contributed by atoms with Crippen molar-refractivity contribution in [3.63, 3.8) is 0 Å². The fraction of sp³-hybridized carbons (Fsp3) is 0.294. The van der Waals surface area contributed by atoms with Crippen molar-refractivity contribution in [3.8, 4) is 0 Å². The monoisotopic (exact) mass is 280 g/mol. The molecule has 0 aliphatic heterocycles. The van der Waals surface area contributed by atoms with Crippen LogP contribution in [0.5, 0.6) is 0 Å². The molecule has 4 heteroatoms. The van der Waals surface area contributed by atoms with Gasteiger partial charge in [-0.1, -0.05) is 37.3 Å². The van der Waals surface area contributed by atoms with Gasteiger partial charge >= 0.3 is 0 Å². The first-order chi connectivity index (χ1) is 10.3. The number of hydrogen-bond donors (Lipinski definition) is 0. The molecule has 2 aromatic heterocycles. The van der Waals surface area contributed by atoms with Gasteiger partial charge in [0.15, 0.2) is 0 Å². The van der Waals surface area contributed by atoms with E-state index in [2.05, 4.69) is 56.5 Å². The molecule has 0 fully saturated rings. The van der Waals surface area contributed by atoms with E-state index < -0.39 is 0 Å². The molecule has 0 amide bonds. The first kappa shape index (κ1) is 13.6. The molecule has 3 rings (SSSR count). The highest BCUT2D eigenvalue weighted by Gasteiger charge is 2.13. The van der Waals surface area contributed by atoms with E-state index in [9.17, 15) is 0 Å². The Morgan fingerprint density at radius 1 is 1.05 bits per heavy atom. The highest BCUT2D eigenvalue weighted by molar-refractivity contribution is 5.24. The molecule has 2 heterocycles. The average molecular weight is 280 g/mol. The van der Waals surface area contributed by atoms with Gasteiger partial charge in [0.1, 0.15) is 5.82 Å². The number of hydrogen-bond acceptors (Lipinski definition) is 2. The maximum absolute atomic E-state index is 4.55. The molecule has 0 bridgehead atoms. The molecular formula is C17H20N4. The van der Waals surface area contributed by atoms with Gasteiger partial charge in [0.25, 0.3) is 0 Å². The molecule has 0 aliphatic rings. The number of benzene rings is 1. The van der Waals surface area contributed by atoms with Crippen LogP contribution in [0.25, 0.3) is 0 Å². The molecule has 3 aromatic rings. The van der Waals surface area contributed by atoms with Crippen LogP contribution < -0.4 is 0 Å². The highest BCUT2D eigenvalue weighted by Crippen LogP contribution is 2.22. The van der Waals surface area contributed by atoms with Crippen molar-refractivity contribution in [1.82, 2.24) is 19.1 Å². The fourth-order valence-electron chi connectivity index (χ4n) is 2.62. The van der Waals surface area contributed by atoms with Gasteiger partial charge < -0.3 is 9.13 Å².